The molecule has 2 N–H and O–H groups in total. The minimum Gasteiger partial charge on any atom is -0.465 e. The van der Waals surface area contributed by atoms with E-state index in [0.717, 1.165) is 18.4 Å². The van der Waals surface area contributed by atoms with E-state index in [0.29, 0.717) is 17.2 Å². The van der Waals surface area contributed by atoms with Gasteiger partial charge in [0, 0.05) is 5.69 Å². The Morgan fingerprint density at radius 2 is 2.13 bits per heavy atom. The molecule has 1 fully saturated rings. The lowest BCUT2D eigenvalue weighted by Crippen LogP contribution is -2.06. The SMILES string of the molecule is COC(=O)c1cc(N)ccc1C1CC1.Cl. The lowest BCUT2D eigenvalue weighted by atomic mass is 10.0. The summed E-state index contributed by atoms with van der Waals surface area (Å²) in [5.74, 6) is 0.240. The summed E-state index contributed by atoms with van der Waals surface area (Å²) in [6.45, 7) is 0. The fraction of sp³-hybridized carbons (Fsp3) is 0.364. The third-order valence-electron chi connectivity index (χ3n) is 2.50. The van der Waals surface area contributed by atoms with Gasteiger partial charge in [0.2, 0.25) is 0 Å². The van der Waals surface area contributed by atoms with E-state index < -0.39 is 0 Å². The van der Waals surface area contributed by atoms with Gasteiger partial charge in [0.1, 0.15) is 0 Å². The molecule has 4 heteroatoms. The topological polar surface area (TPSA) is 52.3 Å². The summed E-state index contributed by atoms with van der Waals surface area (Å²) in [5, 5.41) is 0. The van der Waals surface area contributed by atoms with Gasteiger partial charge >= 0.3 is 5.97 Å². The number of rotatable bonds is 2. The van der Waals surface area contributed by atoms with Gasteiger partial charge < -0.3 is 10.5 Å². The smallest absolute Gasteiger partial charge is 0.338 e. The summed E-state index contributed by atoms with van der Waals surface area (Å²) >= 11 is 0. The molecule has 1 saturated carbocycles. The van der Waals surface area contributed by atoms with Crippen molar-refractivity contribution in [1.82, 2.24) is 0 Å². The van der Waals surface area contributed by atoms with E-state index in [-0.39, 0.29) is 18.4 Å². The molecule has 82 valence electrons. The molecule has 0 spiro atoms. The average molecular weight is 228 g/mol. The van der Waals surface area contributed by atoms with E-state index in [9.17, 15) is 4.79 Å². The highest BCUT2D eigenvalue weighted by Crippen LogP contribution is 2.42. The van der Waals surface area contributed by atoms with E-state index in [4.69, 9.17) is 10.5 Å². The van der Waals surface area contributed by atoms with Crippen molar-refractivity contribution in [2.45, 2.75) is 18.8 Å². The molecule has 15 heavy (non-hydrogen) atoms. The molecule has 0 aromatic heterocycles. The van der Waals surface area contributed by atoms with Crippen LogP contribution in [0.1, 0.15) is 34.7 Å². The lowest BCUT2D eigenvalue weighted by molar-refractivity contribution is 0.0599. The molecule has 1 aliphatic rings. The summed E-state index contributed by atoms with van der Waals surface area (Å²) in [6, 6.07) is 5.46. The molecule has 0 atom stereocenters. The van der Waals surface area contributed by atoms with Crippen LogP contribution in [0, 0.1) is 0 Å². The number of benzene rings is 1. The van der Waals surface area contributed by atoms with E-state index >= 15 is 0 Å². The van der Waals surface area contributed by atoms with Crippen molar-refractivity contribution in [3.05, 3.63) is 29.3 Å². The fourth-order valence-electron chi connectivity index (χ4n) is 1.61. The van der Waals surface area contributed by atoms with Crippen LogP contribution in [0.5, 0.6) is 0 Å². The highest BCUT2D eigenvalue weighted by Gasteiger charge is 2.28. The average Bonchev–Trinajstić information content (AvgIpc) is 3.00. The second kappa shape index (κ2) is 4.53. The van der Waals surface area contributed by atoms with Gasteiger partial charge in [-0.3, -0.25) is 0 Å². The van der Waals surface area contributed by atoms with E-state index in [1.54, 1.807) is 6.07 Å². The predicted molar refractivity (Wildman–Crippen MR) is 61.4 cm³/mol. The Morgan fingerprint density at radius 3 is 2.67 bits per heavy atom. The molecule has 0 amide bonds. The van der Waals surface area contributed by atoms with Crippen molar-refractivity contribution in [3.8, 4) is 0 Å². The Bertz CT molecular complexity index is 375. The molecule has 2 rings (SSSR count). The zero-order valence-corrected chi connectivity index (χ0v) is 9.34. The summed E-state index contributed by atoms with van der Waals surface area (Å²) in [7, 11) is 1.39. The van der Waals surface area contributed by atoms with Crippen LogP contribution in [-0.2, 0) is 4.74 Å². The van der Waals surface area contributed by atoms with E-state index in [1.165, 1.54) is 7.11 Å². The number of hydrogen-bond acceptors (Lipinski definition) is 3. The van der Waals surface area contributed by atoms with Crippen LogP contribution in [0.25, 0.3) is 0 Å². The van der Waals surface area contributed by atoms with Crippen LogP contribution in [0.3, 0.4) is 0 Å². The number of ether oxygens (including phenoxy) is 1. The Hall–Kier alpha value is -1.22. The largest absolute Gasteiger partial charge is 0.465 e. The molecule has 0 bridgehead atoms. The zero-order valence-electron chi connectivity index (χ0n) is 8.53. The first-order chi connectivity index (χ1) is 6.72. The van der Waals surface area contributed by atoms with Crippen LogP contribution >= 0.6 is 12.4 Å². The van der Waals surface area contributed by atoms with Crippen molar-refractivity contribution in [2.75, 3.05) is 12.8 Å². The molecule has 0 unspecified atom stereocenters. The number of carbonyl (C=O) groups is 1. The van der Waals surface area contributed by atoms with Crippen molar-refractivity contribution < 1.29 is 9.53 Å². The maximum Gasteiger partial charge on any atom is 0.338 e. The van der Waals surface area contributed by atoms with E-state index in [1.807, 2.05) is 12.1 Å². The second-order valence-corrected chi connectivity index (χ2v) is 3.61. The summed E-state index contributed by atoms with van der Waals surface area (Å²) in [5.41, 5.74) is 7.93. The second-order valence-electron chi connectivity index (χ2n) is 3.61. The molecule has 1 aromatic rings. The summed E-state index contributed by atoms with van der Waals surface area (Å²) in [4.78, 5) is 11.4. The van der Waals surface area contributed by atoms with Gasteiger partial charge in [0.05, 0.1) is 12.7 Å². The van der Waals surface area contributed by atoms with Gasteiger partial charge in [-0.1, -0.05) is 6.07 Å². The molecule has 0 aliphatic heterocycles. The molecular weight excluding hydrogens is 214 g/mol. The molecule has 1 aliphatic carbocycles. The van der Waals surface area contributed by atoms with Crippen LogP contribution in [0.4, 0.5) is 5.69 Å². The monoisotopic (exact) mass is 227 g/mol. The predicted octanol–water partition coefficient (Wildman–Crippen LogP) is 2.35. The van der Waals surface area contributed by atoms with Crippen molar-refractivity contribution in [2.24, 2.45) is 0 Å². The summed E-state index contributed by atoms with van der Waals surface area (Å²) < 4.78 is 4.72. The minimum absolute atomic E-state index is 0. The standard InChI is InChI=1S/C11H13NO2.ClH/c1-14-11(13)10-6-8(12)4-5-9(10)7-2-3-7;/h4-7H,2-3,12H2,1H3;1H. The first-order valence-corrected chi connectivity index (χ1v) is 4.70. The Labute approximate surface area is 95.0 Å². The van der Waals surface area contributed by atoms with Gasteiger partial charge in [-0.15, -0.1) is 12.4 Å². The van der Waals surface area contributed by atoms with Gasteiger partial charge in [-0.25, -0.2) is 4.79 Å². The Kier molecular flexibility index (Phi) is 3.58. The van der Waals surface area contributed by atoms with Crippen molar-refractivity contribution >= 4 is 24.1 Å². The Morgan fingerprint density at radius 1 is 1.47 bits per heavy atom. The number of methoxy groups -OCH3 is 1. The summed E-state index contributed by atoms with van der Waals surface area (Å²) in [6.07, 6.45) is 2.32. The Balaban J connectivity index is 0.00000112. The van der Waals surface area contributed by atoms with Gasteiger partial charge in [0.15, 0.2) is 0 Å². The number of carbonyl (C=O) groups excluding carboxylic acids is 1. The van der Waals surface area contributed by atoms with Crippen LogP contribution in [-0.4, -0.2) is 13.1 Å². The van der Waals surface area contributed by atoms with E-state index in [2.05, 4.69) is 0 Å². The molecular formula is C11H14ClNO2. The number of hydrogen-bond donors (Lipinski definition) is 1. The molecule has 1 aromatic carbocycles. The fourth-order valence-corrected chi connectivity index (χ4v) is 1.61. The number of nitrogen functional groups attached to an aromatic ring is 1. The van der Waals surface area contributed by atoms with Gasteiger partial charge in [0.25, 0.3) is 0 Å². The first-order valence-electron chi connectivity index (χ1n) is 4.70. The van der Waals surface area contributed by atoms with Crippen LogP contribution in [0.2, 0.25) is 0 Å². The third-order valence-corrected chi connectivity index (χ3v) is 2.50. The quantitative estimate of drug-likeness (QED) is 0.623. The zero-order chi connectivity index (χ0) is 10.1. The normalized spacial score (nSPS) is 14.2. The first kappa shape index (κ1) is 11.9. The molecule has 0 heterocycles. The molecule has 0 radical (unpaired) electrons. The number of anilines is 1. The third kappa shape index (κ3) is 2.42. The number of halogens is 1. The van der Waals surface area contributed by atoms with Crippen LogP contribution < -0.4 is 5.73 Å². The molecule has 3 nitrogen and oxygen atoms in total. The number of esters is 1. The van der Waals surface area contributed by atoms with Crippen molar-refractivity contribution in [3.63, 3.8) is 0 Å². The number of nitrogens with two attached hydrogens (primary N) is 1. The van der Waals surface area contributed by atoms with Gasteiger partial charge in [-0.2, -0.15) is 0 Å². The van der Waals surface area contributed by atoms with Crippen molar-refractivity contribution in [1.29, 1.82) is 0 Å². The maximum absolute atomic E-state index is 11.4. The maximum atomic E-state index is 11.4. The lowest BCUT2D eigenvalue weighted by Gasteiger charge is -2.07. The highest BCUT2D eigenvalue weighted by molar-refractivity contribution is 5.92. The highest BCUT2D eigenvalue weighted by atomic mass is 35.5. The molecule has 0 saturated heterocycles. The van der Waals surface area contributed by atoms with Crippen LogP contribution in [0.15, 0.2) is 18.2 Å². The minimum atomic E-state index is -0.292. The van der Waals surface area contributed by atoms with Gasteiger partial charge in [-0.05, 0) is 36.5 Å².